The molecule has 0 aliphatic carbocycles. The van der Waals surface area contributed by atoms with Gasteiger partial charge in [-0.2, -0.15) is 0 Å². The van der Waals surface area contributed by atoms with Crippen LogP contribution in [0.5, 0.6) is 0 Å². The van der Waals surface area contributed by atoms with Crippen molar-refractivity contribution in [1.29, 1.82) is 0 Å². The van der Waals surface area contributed by atoms with Gasteiger partial charge in [-0.3, -0.25) is 9.69 Å². The molecule has 1 heterocycles. The molecule has 5 heteroatoms. The number of hydrogen-bond acceptors (Lipinski definition) is 4. The molecule has 1 aliphatic heterocycles. The molecule has 1 aliphatic rings. The second-order valence-corrected chi connectivity index (χ2v) is 4.22. The van der Waals surface area contributed by atoms with E-state index in [9.17, 15) is 4.79 Å². The first kappa shape index (κ1) is 13.4. The molecule has 0 amide bonds. The molecule has 0 radical (unpaired) electrons. The van der Waals surface area contributed by atoms with Crippen LogP contribution in [0.4, 0.5) is 0 Å². The lowest BCUT2D eigenvalue weighted by Gasteiger charge is -2.35. The number of nitrogens with zero attached hydrogens (tertiary/aromatic N) is 1. The fourth-order valence-electron chi connectivity index (χ4n) is 2.08. The zero-order valence-electron chi connectivity index (χ0n) is 10.0. The highest BCUT2D eigenvalue weighted by atomic mass is 16.5. The van der Waals surface area contributed by atoms with E-state index < -0.39 is 5.97 Å². The SMILES string of the molecule is COCCN(CC(=O)O)C1CCOC(C)C1. The van der Waals surface area contributed by atoms with E-state index in [1.807, 2.05) is 11.8 Å². The maximum atomic E-state index is 10.8. The number of carboxylic acids is 1. The zero-order valence-corrected chi connectivity index (χ0v) is 10.0. The van der Waals surface area contributed by atoms with Gasteiger partial charge in [0.25, 0.3) is 0 Å². The second kappa shape index (κ2) is 6.83. The van der Waals surface area contributed by atoms with Gasteiger partial charge in [-0.25, -0.2) is 0 Å². The van der Waals surface area contributed by atoms with Crippen LogP contribution in [0.2, 0.25) is 0 Å². The Morgan fingerprint density at radius 3 is 2.94 bits per heavy atom. The van der Waals surface area contributed by atoms with Gasteiger partial charge in [0.2, 0.25) is 0 Å². The average molecular weight is 231 g/mol. The molecule has 1 rings (SSSR count). The van der Waals surface area contributed by atoms with Crippen LogP contribution in [-0.2, 0) is 14.3 Å². The van der Waals surface area contributed by atoms with Crippen molar-refractivity contribution in [2.75, 3.05) is 33.4 Å². The molecule has 1 fully saturated rings. The van der Waals surface area contributed by atoms with Gasteiger partial charge in [0, 0.05) is 26.3 Å². The molecule has 0 aromatic carbocycles. The smallest absolute Gasteiger partial charge is 0.317 e. The normalized spacial score (nSPS) is 25.9. The van der Waals surface area contributed by atoms with Crippen molar-refractivity contribution in [3.05, 3.63) is 0 Å². The summed E-state index contributed by atoms with van der Waals surface area (Å²) in [6, 6.07) is 0.301. The minimum atomic E-state index is -0.782. The van der Waals surface area contributed by atoms with Crippen molar-refractivity contribution < 1.29 is 19.4 Å². The van der Waals surface area contributed by atoms with Crippen LogP contribution >= 0.6 is 0 Å². The monoisotopic (exact) mass is 231 g/mol. The van der Waals surface area contributed by atoms with Crippen molar-refractivity contribution in [3.63, 3.8) is 0 Å². The van der Waals surface area contributed by atoms with E-state index in [4.69, 9.17) is 14.6 Å². The Bertz CT molecular complexity index is 222. The van der Waals surface area contributed by atoms with Crippen molar-refractivity contribution in [1.82, 2.24) is 4.90 Å². The van der Waals surface area contributed by atoms with E-state index in [2.05, 4.69) is 0 Å². The fourth-order valence-corrected chi connectivity index (χ4v) is 2.08. The van der Waals surface area contributed by atoms with Gasteiger partial charge in [0.1, 0.15) is 0 Å². The van der Waals surface area contributed by atoms with E-state index in [0.29, 0.717) is 19.2 Å². The number of carbonyl (C=O) groups is 1. The van der Waals surface area contributed by atoms with Gasteiger partial charge in [0.05, 0.1) is 19.3 Å². The number of ether oxygens (including phenoxy) is 2. The highest BCUT2D eigenvalue weighted by Crippen LogP contribution is 2.18. The first-order valence-corrected chi connectivity index (χ1v) is 5.70. The highest BCUT2D eigenvalue weighted by molar-refractivity contribution is 5.69. The third kappa shape index (κ3) is 4.47. The summed E-state index contributed by atoms with van der Waals surface area (Å²) in [6.45, 7) is 4.07. The van der Waals surface area contributed by atoms with Gasteiger partial charge in [-0.15, -0.1) is 0 Å². The van der Waals surface area contributed by atoms with E-state index in [1.165, 1.54) is 0 Å². The summed E-state index contributed by atoms with van der Waals surface area (Å²) in [4.78, 5) is 12.8. The summed E-state index contributed by atoms with van der Waals surface area (Å²) < 4.78 is 10.5. The second-order valence-electron chi connectivity index (χ2n) is 4.22. The molecule has 0 spiro atoms. The molecule has 0 aromatic rings. The largest absolute Gasteiger partial charge is 0.480 e. The maximum absolute atomic E-state index is 10.8. The number of rotatable bonds is 6. The Morgan fingerprint density at radius 2 is 2.38 bits per heavy atom. The van der Waals surface area contributed by atoms with Crippen LogP contribution in [0.1, 0.15) is 19.8 Å². The molecular formula is C11H21NO4. The van der Waals surface area contributed by atoms with Crippen molar-refractivity contribution in [2.24, 2.45) is 0 Å². The maximum Gasteiger partial charge on any atom is 0.317 e. The van der Waals surface area contributed by atoms with Gasteiger partial charge < -0.3 is 14.6 Å². The Balaban J connectivity index is 2.48. The van der Waals surface area contributed by atoms with E-state index in [0.717, 1.165) is 19.4 Å². The number of methoxy groups -OCH3 is 1. The minimum Gasteiger partial charge on any atom is -0.480 e. The lowest BCUT2D eigenvalue weighted by atomic mass is 10.0. The Hall–Kier alpha value is -0.650. The molecule has 1 N–H and O–H groups in total. The third-order valence-electron chi connectivity index (χ3n) is 2.89. The zero-order chi connectivity index (χ0) is 12.0. The average Bonchev–Trinajstić information content (AvgIpc) is 2.23. The molecule has 1 saturated heterocycles. The number of hydrogen-bond donors (Lipinski definition) is 1. The molecule has 94 valence electrons. The lowest BCUT2D eigenvalue weighted by Crippen LogP contribution is -2.45. The summed E-state index contributed by atoms with van der Waals surface area (Å²) in [6.07, 6.45) is 2.02. The Labute approximate surface area is 96.3 Å². The molecule has 0 aromatic heterocycles. The van der Waals surface area contributed by atoms with Gasteiger partial charge in [0.15, 0.2) is 0 Å². The van der Waals surface area contributed by atoms with Crippen LogP contribution in [0.3, 0.4) is 0 Å². The first-order valence-electron chi connectivity index (χ1n) is 5.70. The summed E-state index contributed by atoms with van der Waals surface area (Å²) in [5.41, 5.74) is 0. The van der Waals surface area contributed by atoms with Crippen LogP contribution < -0.4 is 0 Å². The summed E-state index contributed by atoms with van der Waals surface area (Å²) >= 11 is 0. The molecule has 2 unspecified atom stereocenters. The van der Waals surface area contributed by atoms with Gasteiger partial charge >= 0.3 is 5.97 Å². The van der Waals surface area contributed by atoms with Crippen LogP contribution in [-0.4, -0.2) is 61.5 Å². The summed E-state index contributed by atoms with van der Waals surface area (Å²) in [7, 11) is 1.63. The topological polar surface area (TPSA) is 59.0 Å². The standard InChI is InChI=1S/C11H21NO4/c1-9-7-10(3-5-16-9)12(4-6-15-2)8-11(13)14/h9-10H,3-8H2,1-2H3,(H,13,14). The predicted octanol–water partition coefficient (Wildman–Crippen LogP) is 0.587. The van der Waals surface area contributed by atoms with Crippen LogP contribution in [0, 0.1) is 0 Å². The first-order chi connectivity index (χ1) is 7.63. The predicted molar refractivity (Wildman–Crippen MR) is 59.5 cm³/mol. The Kier molecular flexibility index (Phi) is 5.73. The van der Waals surface area contributed by atoms with Crippen molar-refractivity contribution in [2.45, 2.75) is 31.9 Å². The van der Waals surface area contributed by atoms with Gasteiger partial charge in [-0.1, -0.05) is 0 Å². The van der Waals surface area contributed by atoms with E-state index >= 15 is 0 Å². The van der Waals surface area contributed by atoms with Crippen LogP contribution in [0.25, 0.3) is 0 Å². The quantitative estimate of drug-likeness (QED) is 0.725. The van der Waals surface area contributed by atoms with Gasteiger partial charge in [-0.05, 0) is 19.8 Å². The number of carboxylic acid groups (broad SMARTS) is 1. The van der Waals surface area contributed by atoms with E-state index in [-0.39, 0.29) is 12.6 Å². The summed E-state index contributed by atoms with van der Waals surface area (Å²) in [5, 5.41) is 8.87. The fraction of sp³-hybridized carbons (Fsp3) is 0.909. The molecule has 0 saturated carbocycles. The van der Waals surface area contributed by atoms with Crippen molar-refractivity contribution >= 4 is 5.97 Å². The third-order valence-corrected chi connectivity index (χ3v) is 2.89. The molecule has 2 atom stereocenters. The Morgan fingerprint density at radius 1 is 1.62 bits per heavy atom. The van der Waals surface area contributed by atoms with Crippen LogP contribution in [0.15, 0.2) is 0 Å². The minimum absolute atomic E-state index is 0.0841. The molecule has 0 bridgehead atoms. The van der Waals surface area contributed by atoms with Crippen molar-refractivity contribution in [3.8, 4) is 0 Å². The molecule has 16 heavy (non-hydrogen) atoms. The van der Waals surface area contributed by atoms with E-state index in [1.54, 1.807) is 7.11 Å². The molecule has 5 nitrogen and oxygen atoms in total. The summed E-state index contributed by atoms with van der Waals surface area (Å²) in [5.74, 6) is -0.782. The highest BCUT2D eigenvalue weighted by Gasteiger charge is 2.26. The lowest BCUT2D eigenvalue weighted by molar-refractivity contribution is -0.140. The number of aliphatic carboxylic acids is 1. The molecular weight excluding hydrogens is 210 g/mol.